The van der Waals surface area contributed by atoms with E-state index in [2.05, 4.69) is 0 Å². The van der Waals surface area contributed by atoms with E-state index < -0.39 is 51.8 Å². The first kappa shape index (κ1) is 17.3. The molecule has 0 unspecified atom stereocenters. The quantitative estimate of drug-likeness (QED) is 0.288. The first-order valence-electron chi connectivity index (χ1n) is 5.06. The van der Waals surface area contributed by atoms with Crippen LogP contribution in [-0.4, -0.2) is 0 Å². The second kappa shape index (κ2) is 5.91. The van der Waals surface area contributed by atoms with Crippen LogP contribution in [0.15, 0.2) is 5.57 Å². The third kappa shape index (κ3) is 2.66. The Bertz CT molecular complexity index is 692. The van der Waals surface area contributed by atoms with E-state index in [4.69, 9.17) is 16.4 Å². The summed E-state index contributed by atoms with van der Waals surface area (Å²) in [6.07, 6.45) is -5.71. The molecule has 0 aliphatic carbocycles. The topological polar surface area (TPSA) is 85.6 Å². The fourth-order valence-electron chi connectivity index (χ4n) is 1.51. The van der Waals surface area contributed by atoms with Crippen LogP contribution in [0, 0.1) is 45.9 Å². The first-order chi connectivity index (χ1) is 10.1. The summed E-state index contributed by atoms with van der Waals surface area (Å²) in [5.74, 6) is -5.57. The zero-order chi connectivity index (χ0) is 17.2. The number of alkyl halides is 3. The number of benzene rings is 1. The van der Waals surface area contributed by atoms with Crippen LogP contribution in [0.25, 0.3) is 5.70 Å². The maximum atomic E-state index is 13.7. The van der Waals surface area contributed by atoms with Gasteiger partial charge in [-0.15, -0.1) is 0 Å². The summed E-state index contributed by atoms with van der Waals surface area (Å²) >= 11 is 0. The Kier molecular flexibility index (Phi) is 4.64. The highest BCUT2D eigenvalue weighted by Gasteiger charge is 2.43. The van der Waals surface area contributed by atoms with Crippen molar-refractivity contribution in [2.45, 2.75) is 6.18 Å². The van der Waals surface area contributed by atoms with Crippen LogP contribution in [0.4, 0.5) is 30.7 Å². The number of halogens is 7. The monoisotopic (exact) mass is 324 g/mol. The van der Waals surface area contributed by atoms with E-state index in [-0.39, 0.29) is 0 Å². The number of hydrogen-bond donors (Lipinski definition) is 2. The molecule has 0 aromatic heterocycles. The molecule has 11 heteroatoms. The van der Waals surface area contributed by atoms with Crippen molar-refractivity contribution in [2.75, 3.05) is 0 Å². The normalized spacial score (nSPS) is 10.6. The van der Waals surface area contributed by atoms with Gasteiger partial charge in [-0.05, 0) is 0 Å². The standard InChI is InChI=1S/C11H3F7N4/c12-6-4(10(22-21)3(1-19)2-20)7(13)9(15)5(8(6)14)11(16,17)18/h22H,21H2. The van der Waals surface area contributed by atoms with Gasteiger partial charge in [0.1, 0.15) is 17.7 Å². The molecule has 1 rings (SSSR count). The largest absolute Gasteiger partial charge is 0.422 e. The van der Waals surface area contributed by atoms with Crippen LogP contribution in [-0.2, 0) is 6.18 Å². The smallest absolute Gasteiger partial charge is 0.322 e. The minimum atomic E-state index is -5.71. The van der Waals surface area contributed by atoms with E-state index in [9.17, 15) is 30.7 Å². The van der Waals surface area contributed by atoms with Crippen LogP contribution in [0.5, 0.6) is 0 Å². The Labute approximate surface area is 117 Å². The zero-order valence-electron chi connectivity index (χ0n) is 10.1. The van der Waals surface area contributed by atoms with Crippen molar-refractivity contribution < 1.29 is 30.7 Å². The lowest BCUT2D eigenvalue weighted by molar-refractivity contribution is -0.143. The van der Waals surface area contributed by atoms with Crippen molar-refractivity contribution in [1.29, 1.82) is 10.5 Å². The number of allylic oxidation sites excluding steroid dienone is 1. The number of nitrogens with one attached hydrogen (secondary N) is 1. The molecule has 0 saturated heterocycles. The summed E-state index contributed by atoms with van der Waals surface area (Å²) in [7, 11) is 0. The van der Waals surface area contributed by atoms with Gasteiger partial charge in [-0.3, -0.25) is 5.84 Å². The summed E-state index contributed by atoms with van der Waals surface area (Å²) < 4.78 is 91.4. The van der Waals surface area contributed by atoms with Gasteiger partial charge in [0.2, 0.25) is 0 Å². The molecule has 1 aromatic rings. The Morgan fingerprint density at radius 1 is 0.909 bits per heavy atom. The summed E-state index contributed by atoms with van der Waals surface area (Å²) in [4.78, 5) is 0. The number of nitrogens with zero attached hydrogens (tertiary/aromatic N) is 2. The third-order valence-corrected chi connectivity index (χ3v) is 2.41. The Morgan fingerprint density at radius 3 is 1.59 bits per heavy atom. The van der Waals surface area contributed by atoms with Gasteiger partial charge in [0, 0.05) is 0 Å². The molecule has 0 atom stereocenters. The molecule has 116 valence electrons. The molecule has 0 radical (unpaired) electrons. The maximum Gasteiger partial charge on any atom is 0.422 e. The molecular formula is C11H3F7N4. The van der Waals surface area contributed by atoms with Crippen molar-refractivity contribution in [3.05, 3.63) is 40.0 Å². The SMILES string of the molecule is N#CC(C#N)=C(NN)c1c(F)c(F)c(C(F)(F)F)c(F)c1F. The molecule has 0 aliphatic rings. The summed E-state index contributed by atoms with van der Waals surface area (Å²) in [6.45, 7) is 0. The van der Waals surface area contributed by atoms with E-state index in [1.165, 1.54) is 5.43 Å². The van der Waals surface area contributed by atoms with E-state index in [1.807, 2.05) is 0 Å². The second-order valence-corrected chi connectivity index (χ2v) is 3.62. The average Bonchev–Trinajstić information content (AvgIpc) is 2.43. The van der Waals surface area contributed by atoms with Crippen molar-refractivity contribution in [3.8, 4) is 12.1 Å². The number of nitriles is 2. The van der Waals surface area contributed by atoms with Crippen molar-refractivity contribution in [2.24, 2.45) is 5.84 Å². The van der Waals surface area contributed by atoms with E-state index in [0.29, 0.717) is 0 Å². The molecule has 3 N–H and O–H groups in total. The fourth-order valence-corrected chi connectivity index (χ4v) is 1.51. The van der Waals surface area contributed by atoms with Gasteiger partial charge in [0.15, 0.2) is 28.8 Å². The molecule has 0 bridgehead atoms. The molecule has 0 aliphatic heterocycles. The summed E-state index contributed by atoms with van der Waals surface area (Å²) in [5.41, 5.74) is -5.36. The van der Waals surface area contributed by atoms with E-state index in [0.717, 1.165) is 12.1 Å². The predicted octanol–water partition coefficient (Wildman–Crippen LogP) is 2.48. The van der Waals surface area contributed by atoms with E-state index >= 15 is 0 Å². The fraction of sp³-hybridized carbons (Fsp3) is 0.0909. The number of nitrogens with two attached hydrogens (primary N) is 1. The Morgan fingerprint density at radius 2 is 1.32 bits per heavy atom. The highest BCUT2D eigenvalue weighted by Crippen LogP contribution is 2.38. The van der Waals surface area contributed by atoms with Gasteiger partial charge in [-0.1, -0.05) is 0 Å². The zero-order valence-corrected chi connectivity index (χ0v) is 10.1. The highest BCUT2D eigenvalue weighted by molar-refractivity contribution is 5.74. The molecule has 0 saturated carbocycles. The van der Waals surface area contributed by atoms with Gasteiger partial charge in [0.05, 0.1) is 11.3 Å². The van der Waals surface area contributed by atoms with Gasteiger partial charge in [-0.2, -0.15) is 23.7 Å². The van der Waals surface area contributed by atoms with Crippen LogP contribution in [0.1, 0.15) is 11.1 Å². The second-order valence-electron chi connectivity index (χ2n) is 3.62. The average molecular weight is 324 g/mol. The van der Waals surface area contributed by atoms with Gasteiger partial charge < -0.3 is 5.43 Å². The lowest BCUT2D eigenvalue weighted by Gasteiger charge is -2.15. The Hall–Kier alpha value is -2.79. The molecule has 4 nitrogen and oxygen atoms in total. The van der Waals surface area contributed by atoms with E-state index in [1.54, 1.807) is 0 Å². The molecule has 0 heterocycles. The lowest BCUT2D eigenvalue weighted by atomic mass is 10.0. The van der Waals surface area contributed by atoms with Crippen LogP contribution < -0.4 is 11.3 Å². The van der Waals surface area contributed by atoms with Crippen molar-refractivity contribution in [1.82, 2.24) is 5.43 Å². The third-order valence-electron chi connectivity index (χ3n) is 2.41. The molecular weight excluding hydrogens is 321 g/mol. The minimum absolute atomic E-state index is 1.10. The Balaban J connectivity index is 3.95. The molecule has 1 aromatic carbocycles. The van der Waals surface area contributed by atoms with Crippen molar-refractivity contribution >= 4 is 5.70 Å². The lowest BCUT2D eigenvalue weighted by Crippen LogP contribution is -2.25. The highest BCUT2D eigenvalue weighted by atomic mass is 19.4. The first-order valence-corrected chi connectivity index (χ1v) is 5.06. The summed E-state index contributed by atoms with van der Waals surface area (Å²) in [6, 6.07) is 2.23. The number of hydrogen-bond acceptors (Lipinski definition) is 4. The maximum absolute atomic E-state index is 13.7. The number of hydrazine groups is 1. The van der Waals surface area contributed by atoms with Crippen LogP contribution >= 0.6 is 0 Å². The summed E-state index contributed by atoms with van der Waals surface area (Å²) in [5, 5.41) is 17.1. The van der Waals surface area contributed by atoms with Gasteiger partial charge in [-0.25, -0.2) is 17.6 Å². The van der Waals surface area contributed by atoms with Gasteiger partial charge in [0.25, 0.3) is 0 Å². The van der Waals surface area contributed by atoms with Crippen molar-refractivity contribution in [3.63, 3.8) is 0 Å². The predicted molar refractivity (Wildman–Crippen MR) is 56.7 cm³/mol. The number of rotatable bonds is 2. The molecule has 22 heavy (non-hydrogen) atoms. The molecule has 0 fully saturated rings. The minimum Gasteiger partial charge on any atom is -0.322 e. The van der Waals surface area contributed by atoms with Crippen LogP contribution in [0.2, 0.25) is 0 Å². The molecule has 0 amide bonds. The van der Waals surface area contributed by atoms with Gasteiger partial charge >= 0.3 is 6.18 Å². The van der Waals surface area contributed by atoms with Crippen LogP contribution in [0.3, 0.4) is 0 Å². The molecule has 0 spiro atoms.